The van der Waals surface area contributed by atoms with Gasteiger partial charge in [-0.3, -0.25) is 9.59 Å². The van der Waals surface area contributed by atoms with E-state index in [9.17, 15) is 23.1 Å². The highest BCUT2D eigenvalue weighted by atomic mass is 32.2. The van der Waals surface area contributed by atoms with Crippen molar-refractivity contribution in [1.29, 1.82) is 0 Å². The van der Waals surface area contributed by atoms with Crippen LogP contribution in [-0.4, -0.2) is 79.2 Å². The van der Waals surface area contributed by atoms with Gasteiger partial charge in [0.1, 0.15) is 6.17 Å². The van der Waals surface area contributed by atoms with Gasteiger partial charge in [-0.1, -0.05) is 25.1 Å². The molecule has 0 bridgehead atoms. The number of hydrogen-bond donors (Lipinski definition) is 2. The van der Waals surface area contributed by atoms with E-state index in [-0.39, 0.29) is 11.4 Å². The number of sulfonamides is 1. The molecule has 0 saturated carbocycles. The maximum atomic E-state index is 13.5. The number of nitrogens with one attached hydrogen (secondary N) is 1. The van der Waals surface area contributed by atoms with Crippen molar-refractivity contribution in [2.24, 2.45) is 0 Å². The number of piperazine rings is 1. The van der Waals surface area contributed by atoms with Gasteiger partial charge in [0.05, 0.1) is 11.3 Å². The zero-order chi connectivity index (χ0) is 27.8. The van der Waals surface area contributed by atoms with Crippen LogP contribution in [0.15, 0.2) is 78.0 Å². The number of carboxylic acid groups (broad SMARTS) is 1. The summed E-state index contributed by atoms with van der Waals surface area (Å²) in [5.41, 5.74) is 1.30. The van der Waals surface area contributed by atoms with Crippen molar-refractivity contribution in [3.63, 3.8) is 0 Å². The van der Waals surface area contributed by atoms with Crippen LogP contribution in [0.4, 0.5) is 11.6 Å². The van der Waals surface area contributed by atoms with Gasteiger partial charge in [-0.15, -0.1) is 0 Å². The summed E-state index contributed by atoms with van der Waals surface area (Å²) in [4.78, 5) is 39.4. The van der Waals surface area contributed by atoms with E-state index in [2.05, 4.69) is 24.5 Å². The van der Waals surface area contributed by atoms with Gasteiger partial charge in [0.2, 0.25) is 16.0 Å². The maximum Gasteiger partial charge on any atom is 0.306 e. The summed E-state index contributed by atoms with van der Waals surface area (Å²) < 4.78 is 28.4. The molecular formula is C27H32N6O5S. The van der Waals surface area contributed by atoms with Crippen LogP contribution in [0.25, 0.3) is 0 Å². The largest absolute Gasteiger partial charge is 0.481 e. The standard InChI is InChI=1S/C27H32N6O5S/c1-2-15-33(24(20-25(34)35)30-39(37,38)23-7-4-3-5-8-23)26(36)21-9-11-22(12-10-21)31-16-18-32(19-17-31)27-28-13-6-14-29-27/h3-14,24,30H,2,15-20H2,1H3,(H,34,35). The SMILES string of the molecule is CCCN(C(=O)c1ccc(N2CCN(c3ncccn3)CC2)cc1)C(CC(=O)O)NS(=O)(=O)c1ccccc1. The Morgan fingerprint density at radius 2 is 1.56 bits per heavy atom. The van der Waals surface area contributed by atoms with Crippen LogP contribution in [0.1, 0.15) is 30.1 Å². The second-order valence-electron chi connectivity index (χ2n) is 9.12. The van der Waals surface area contributed by atoms with E-state index in [4.69, 9.17) is 0 Å². The predicted octanol–water partition coefficient (Wildman–Crippen LogP) is 2.43. The number of hydrogen-bond acceptors (Lipinski definition) is 8. The topological polar surface area (TPSA) is 136 Å². The molecule has 0 spiro atoms. The Labute approximate surface area is 228 Å². The van der Waals surface area contributed by atoms with Crippen LogP contribution in [-0.2, 0) is 14.8 Å². The summed E-state index contributed by atoms with van der Waals surface area (Å²) in [6.07, 6.45) is 2.13. The van der Waals surface area contributed by atoms with Gasteiger partial charge in [-0.2, -0.15) is 4.72 Å². The summed E-state index contributed by atoms with van der Waals surface area (Å²) in [7, 11) is -4.06. The molecule has 1 amide bonds. The van der Waals surface area contributed by atoms with Crippen molar-refractivity contribution in [3.8, 4) is 0 Å². The van der Waals surface area contributed by atoms with E-state index in [0.29, 0.717) is 17.9 Å². The second-order valence-corrected chi connectivity index (χ2v) is 10.8. The summed E-state index contributed by atoms with van der Waals surface area (Å²) in [5, 5.41) is 9.50. The molecule has 2 aromatic carbocycles. The molecule has 1 fully saturated rings. The molecular weight excluding hydrogens is 520 g/mol. The van der Waals surface area contributed by atoms with Crippen LogP contribution < -0.4 is 14.5 Å². The molecule has 12 heteroatoms. The van der Waals surface area contributed by atoms with Crippen LogP contribution >= 0.6 is 0 Å². The number of rotatable bonds is 11. The number of carbonyl (C=O) groups is 2. The molecule has 1 aliphatic rings. The lowest BCUT2D eigenvalue weighted by molar-refractivity contribution is -0.138. The van der Waals surface area contributed by atoms with Crippen molar-refractivity contribution < 1.29 is 23.1 Å². The Kier molecular flexibility index (Phi) is 9.10. The minimum atomic E-state index is -4.06. The highest BCUT2D eigenvalue weighted by molar-refractivity contribution is 7.89. The fourth-order valence-electron chi connectivity index (χ4n) is 4.47. The monoisotopic (exact) mass is 552 g/mol. The first-order chi connectivity index (χ1) is 18.8. The molecule has 11 nitrogen and oxygen atoms in total. The number of amides is 1. The molecule has 0 aliphatic carbocycles. The Morgan fingerprint density at radius 1 is 0.949 bits per heavy atom. The van der Waals surface area contributed by atoms with Gasteiger partial charge in [0.25, 0.3) is 5.91 Å². The minimum Gasteiger partial charge on any atom is -0.481 e. The smallest absolute Gasteiger partial charge is 0.306 e. The highest BCUT2D eigenvalue weighted by Crippen LogP contribution is 2.21. The van der Waals surface area contributed by atoms with Crippen LogP contribution in [0.5, 0.6) is 0 Å². The second kappa shape index (κ2) is 12.7. The molecule has 1 atom stereocenters. The molecule has 1 saturated heterocycles. The molecule has 3 aromatic rings. The van der Waals surface area contributed by atoms with Crippen LogP contribution in [0.2, 0.25) is 0 Å². The lowest BCUT2D eigenvalue weighted by Gasteiger charge is -2.36. The van der Waals surface area contributed by atoms with Crippen molar-refractivity contribution in [3.05, 3.63) is 78.6 Å². The molecule has 1 unspecified atom stereocenters. The Balaban J connectivity index is 1.48. The zero-order valence-corrected chi connectivity index (χ0v) is 22.5. The third-order valence-electron chi connectivity index (χ3n) is 6.41. The maximum absolute atomic E-state index is 13.5. The Bertz CT molecular complexity index is 1350. The first-order valence-electron chi connectivity index (χ1n) is 12.8. The Morgan fingerprint density at radius 3 is 2.15 bits per heavy atom. The fourth-order valence-corrected chi connectivity index (χ4v) is 5.69. The van der Waals surface area contributed by atoms with E-state index in [1.807, 2.05) is 19.1 Å². The Hall–Kier alpha value is -4.03. The number of benzene rings is 2. The van der Waals surface area contributed by atoms with Crippen LogP contribution in [0, 0.1) is 0 Å². The summed E-state index contributed by atoms with van der Waals surface area (Å²) in [6.45, 7) is 5.05. The number of aliphatic carboxylic acids is 1. The number of carboxylic acids is 1. The van der Waals surface area contributed by atoms with Crippen molar-refractivity contribution in [1.82, 2.24) is 19.6 Å². The number of anilines is 2. The van der Waals surface area contributed by atoms with Gasteiger partial charge < -0.3 is 19.8 Å². The number of aromatic nitrogens is 2. The van der Waals surface area contributed by atoms with E-state index >= 15 is 0 Å². The number of carbonyl (C=O) groups excluding carboxylic acids is 1. The van der Waals surface area contributed by atoms with Crippen molar-refractivity contribution in [2.45, 2.75) is 30.8 Å². The van der Waals surface area contributed by atoms with Crippen molar-refractivity contribution in [2.75, 3.05) is 42.5 Å². The highest BCUT2D eigenvalue weighted by Gasteiger charge is 2.31. The normalized spacial score (nSPS) is 14.6. The molecule has 39 heavy (non-hydrogen) atoms. The molecule has 206 valence electrons. The van der Waals surface area contributed by atoms with Crippen LogP contribution in [0.3, 0.4) is 0 Å². The minimum absolute atomic E-state index is 0.00689. The lowest BCUT2D eigenvalue weighted by atomic mass is 10.1. The predicted molar refractivity (Wildman–Crippen MR) is 147 cm³/mol. The zero-order valence-electron chi connectivity index (χ0n) is 21.7. The summed E-state index contributed by atoms with van der Waals surface area (Å²) >= 11 is 0. The van der Waals surface area contributed by atoms with E-state index in [1.54, 1.807) is 48.8 Å². The van der Waals surface area contributed by atoms with Crippen molar-refractivity contribution >= 4 is 33.5 Å². The van der Waals surface area contributed by atoms with E-state index in [0.717, 1.165) is 31.9 Å². The van der Waals surface area contributed by atoms with Gasteiger partial charge in [-0.25, -0.2) is 18.4 Å². The molecule has 1 aromatic heterocycles. The lowest BCUT2D eigenvalue weighted by Crippen LogP contribution is -2.52. The first-order valence-corrected chi connectivity index (χ1v) is 14.2. The number of nitrogens with zero attached hydrogens (tertiary/aromatic N) is 5. The molecule has 2 heterocycles. The molecule has 2 N–H and O–H groups in total. The summed E-state index contributed by atoms with van der Waals surface area (Å²) in [5.74, 6) is -0.968. The van der Waals surface area contributed by atoms with E-state index < -0.39 is 34.5 Å². The quantitative estimate of drug-likeness (QED) is 0.344. The third kappa shape index (κ3) is 7.09. The average molecular weight is 553 g/mol. The molecule has 1 aliphatic heterocycles. The third-order valence-corrected chi connectivity index (χ3v) is 7.88. The molecule has 0 radical (unpaired) electrons. The van der Waals surface area contributed by atoms with Gasteiger partial charge in [-0.05, 0) is 48.9 Å². The molecule has 4 rings (SSSR count). The van der Waals surface area contributed by atoms with Gasteiger partial charge in [0.15, 0.2) is 0 Å². The van der Waals surface area contributed by atoms with E-state index in [1.165, 1.54) is 17.0 Å². The average Bonchev–Trinajstić information content (AvgIpc) is 2.96. The van der Waals surface area contributed by atoms with Gasteiger partial charge >= 0.3 is 5.97 Å². The first kappa shape index (κ1) is 28.0. The summed E-state index contributed by atoms with van der Waals surface area (Å²) in [6, 6.07) is 16.5. The van der Waals surface area contributed by atoms with Gasteiger partial charge in [0, 0.05) is 56.4 Å². The fraction of sp³-hybridized carbons (Fsp3) is 0.333.